The molecule has 1 atom stereocenters. The van der Waals surface area contributed by atoms with Crippen LogP contribution in [0.3, 0.4) is 0 Å². The van der Waals surface area contributed by atoms with Crippen molar-refractivity contribution in [2.75, 3.05) is 13.7 Å². The van der Waals surface area contributed by atoms with Crippen LogP contribution in [0.2, 0.25) is 0 Å². The second-order valence-corrected chi connectivity index (χ2v) is 3.82. The van der Waals surface area contributed by atoms with Crippen LogP contribution in [0.25, 0.3) is 0 Å². The summed E-state index contributed by atoms with van der Waals surface area (Å²) in [5.41, 5.74) is 6.29. The van der Waals surface area contributed by atoms with E-state index in [-0.39, 0.29) is 24.7 Å². The third-order valence-electron chi connectivity index (χ3n) is 2.66. The van der Waals surface area contributed by atoms with Crippen molar-refractivity contribution in [2.24, 2.45) is 11.7 Å². The molecule has 1 unspecified atom stereocenters. The molecule has 5 nitrogen and oxygen atoms in total. The van der Waals surface area contributed by atoms with E-state index in [1.165, 1.54) is 13.2 Å². The van der Waals surface area contributed by atoms with E-state index >= 15 is 0 Å². The number of aryl methyl sites for hydroxylation is 1. The van der Waals surface area contributed by atoms with Gasteiger partial charge in [0.25, 0.3) is 0 Å². The molecular weight excluding hydrogens is 258 g/mol. The van der Waals surface area contributed by atoms with Crippen molar-refractivity contribution in [3.05, 3.63) is 23.8 Å². The molecule has 0 saturated heterocycles. The van der Waals surface area contributed by atoms with Crippen LogP contribution in [0.1, 0.15) is 12.0 Å². The average molecular weight is 276 g/mol. The number of rotatable bonds is 6. The fourth-order valence-corrected chi connectivity index (χ4v) is 1.56. The molecule has 0 aromatic heterocycles. The van der Waals surface area contributed by atoms with E-state index in [4.69, 9.17) is 15.6 Å². The maximum absolute atomic E-state index is 10.8. The maximum Gasteiger partial charge on any atom is 0.307 e. The van der Waals surface area contributed by atoms with Crippen LogP contribution >= 0.6 is 12.4 Å². The van der Waals surface area contributed by atoms with Gasteiger partial charge < -0.3 is 20.7 Å². The Morgan fingerprint density at radius 1 is 1.50 bits per heavy atom. The highest BCUT2D eigenvalue weighted by molar-refractivity contribution is 5.85. The molecular formula is C12H18ClNO4. The van der Waals surface area contributed by atoms with Gasteiger partial charge in [0.2, 0.25) is 0 Å². The van der Waals surface area contributed by atoms with Crippen molar-refractivity contribution >= 4 is 18.4 Å². The second kappa shape index (κ2) is 7.79. The lowest BCUT2D eigenvalue weighted by atomic mass is 9.99. The highest BCUT2D eigenvalue weighted by Crippen LogP contribution is 2.27. The van der Waals surface area contributed by atoms with E-state index < -0.39 is 11.9 Å². The number of hydrogen-bond acceptors (Lipinski definition) is 4. The van der Waals surface area contributed by atoms with Gasteiger partial charge in [-0.15, -0.1) is 12.4 Å². The lowest BCUT2D eigenvalue weighted by Crippen LogP contribution is -2.23. The smallest absolute Gasteiger partial charge is 0.307 e. The van der Waals surface area contributed by atoms with Gasteiger partial charge in [-0.25, -0.2) is 0 Å². The molecule has 4 N–H and O–H groups in total. The molecule has 0 aliphatic carbocycles. The van der Waals surface area contributed by atoms with Gasteiger partial charge in [-0.05, 0) is 30.5 Å². The summed E-state index contributed by atoms with van der Waals surface area (Å²) in [6.07, 6.45) is 1.06. The van der Waals surface area contributed by atoms with Crippen molar-refractivity contribution in [2.45, 2.75) is 12.8 Å². The molecule has 1 rings (SSSR count). The molecule has 1 aromatic rings. The van der Waals surface area contributed by atoms with Crippen LogP contribution in [-0.2, 0) is 11.2 Å². The van der Waals surface area contributed by atoms with Crippen molar-refractivity contribution in [1.82, 2.24) is 0 Å². The monoisotopic (exact) mass is 275 g/mol. The number of phenols is 1. The topological polar surface area (TPSA) is 92.8 Å². The van der Waals surface area contributed by atoms with Crippen LogP contribution in [-0.4, -0.2) is 29.8 Å². The van der Waals surface area contributed by atoms with E-state index in [2.05, 4.69) is 0 Å². The number of phenolic OH excluding ortho intramolecular Hbond substituents is 1. The Hall–Kier alpha value is -1.46. The van der Waals surface area contributed by atoms with Gasteiger partial charge in [0.1, 0.15) is 0 Å². The first-order chi connectivity index (χ1) is 8.08. The fourth-order valence-electron chi connectivity index (χ4n) is 1.56. The van der Waals surface area contributed by atoms with Crippen LogP contribution in [0.4, 0.5) is 0 Å². The van der Waals surface area contributed by atoms with E-state index in [1.54, 1.807) is 12.1 Å². The van der Waals surface area contributed by atoms with Gasteiger partial charge in [-0.2, -0.15) is 0 Å². The highest BCUT2D eigenvalue weighted by atomic mass is 35.5. The minimum absolute atomic E-state index is 0. The number of carboxylic acid groups (broad SMARTS) is 1. The number of nitrogens with two attached hydrogens (primary N) is 1. The molecule has 0 radical (unpaired) electrons. The predicted octanol–water partition coefficient (Wildman–Crippen LogP) is 1.41. The summed E-state index contributed by atoms with van der Waals surface area (Å²) in [7, 11) is 1.47. The minimum Gasteiger partial charge on any atom is -0.504 e. The number of benzene rings is 1. The molecule has 0 bridgehead atoms. The summed E-state index contributed by atoms with van der Waals surface area (Å²) in [6.45, 7) is 0.130. The predicted molar refractivity (Wildman–Crippen MR) is 70.4 cm³/mol. The number of aliphatic carboxylic acids is 1. The van der Waals surface area contributed by atoms with Gasteiger partial charge in [0.15, 0.2) is 11.5 Å². The van der Waals surface area contributed by atoms with Gasteiger partial charge in [0, 0.05) is 6.54 Å². The molecule has 0 spiro atoms. The Morgan fingerprint density at radius 2 is 2.17 bits per heavy atom. The molecule has 18 heavy (non-hydrogen) atoms. The van der Waals surface area contributed by atoms with Crippen LogP contribution in [0, 0.1) is 5.92 Å². The zero-order valence-electron chi connectivity index (χ0n) is 10.1. The summed E-state index contributed by atoms with van der Waals surface area (Å²) in [6, 6.07) is 4.98. The summed E-state index contributed by atoms with van der Waals surface area (Å²) in [4.78, 5) is 10.8. The number of halogens is 1. The SMILES string of the molecule is COc1cc(CCC(CN)C(=O)O)ccc1O.Cl. The van der Waals surface area contributed by atoms with E-state index in [0.29, 0.717) is 18.6 Å². The molecule has 0 saturated carbocycles. The van der Waals surface area contributed by atoms with E-state index in [1.807, 2.05) is 0 Å². The Labute approximate surface area is 112 Å². The molecule has 0 aliphatic rings. The molecule has 0 fully saturated rings. The standard InChI is InChI=1S/C12H17NO4.ClH/c1-17-11-6-8(3-5-10(11)14)2-4-9(7-13)12(15)16;/h3,5-6,9,14H,2,4,7,13H2,1H3,(H,15,16);1H. The first kappa shape index (κ1) is 16.5. The first-order valence-corrected chi connectivity index (χ1v) is 5.37. The van der Waals surface area contributed by atoms with Crippen molar-refractivity contribution in [3.8, 4) is 11.5 Å². The zero-order valence-corrected chi connectivity index (χ0v) is 10.9. The Kier molecular flexibility index (Phi) is 7.16. The van der Waals surface area contributed by atoms with Crippen LogP contribution in [0.5, 0.6) is 11.5 Å². The first-order valence-electron chi connectivity index (χ1n) is 5.37. The Morgan fingerprint density at radius 3 is 2.67 bits per heavy atom. The van der Waals surface area contributed by atoms with Crippen LogP contribution in [0.15, 0.2) is 18.2 Å². The number of ether oxygens (including phenoxy) is 1. The summed E-state index contributed by atoms with van der Waals surface area (Å²) < 4.78 is 4.98. The number of methoxy groups -OCH3 is 1. The normalized spacial score (nSPS) is 11.4. The Balaban J connectivity index is 0.00000289. The summed E-state index contributed by atoms with van der Waals surface area (Å²) in [5.74, 6) is -0.944. The lowest BCUT2D eigenvalue weighted by Gasteiger charge is -2.10. The van der Waals surface area contributed by atoms with Gasteiger partial charge in [-0.1, -0.05) is 6.07 Å². The maximum atomic E-state index is 10.8. The third kappa shape index (κ3) is 4.43. The van der Waals surface area contributed by atoms with E-state index in [0.717, 1.165) is 5.56 Å². The quantitative estimate of drug-likeness (QED) is 0.730. The lowest BCUT2D eigenvalue weighted by molar-refractivity contribution is -0.141. The van der Waals surface area contributed by atoms with Gasteiger partial charge in [0.05, 0.1) is 13.0 Å². The van der Waals surface area contributed by atoms with Crippen molar-refractivity contribution in [3.63, 3.8) is 0 Å². The van der Waals surface area contributed by atoms with Gasteiger partial charge in [-0.3, -0.25) is 4.79 Å². The molecule has 1 aromatic carbocycles. The number of carbonyl (C=O) groups is 1. The summed E-state index contributed by atoms with van der Waals surface area (Å²) >= 11 is 0. The third-order valence-corrected chi connectivity index (χ3v) is 2.66. The summed E-state index contributed by atoms with van der Waals surface area (Å²) in [5, 5.41) is 18.3. The highest BCUT2D eigenvalue weighted by Gasteiger charge is 2.15. The van der Waals surface area contributed by atoms with E-state index in [9.17, 15) is 9.90 Å². The fraction of sp³-hybridized carbons (Fsp3) is 0.417. The number of carboxylic acids is 1. The number of aromatic hydroxyl groups is 1. The Bertz CT molecular complexity index is 398. The number of hydrogen-bond donors (Lipinski definition) is 3. The molecule has 102 valence electrons. The molecule has 0 aliphatic heterocycles. The zero-order chi connectivity index (χ0) is 12.8. The molecule has 6 heteroatoms. The van der Waals surface area contributed by atoms with Gasteiger partial charge >= 0.3 is 5.97 Å². The largest absolute Gasteiger partial charge is 0.504 e. The van der Waals surface area contributed by atoms with Crippen LogP contribution < -0.4 is 10.5 Å². The second-order valence-electron chi connectivity index (χ2n) is 3.82. The van der Waals surface area contributed by atoms with Crippen molar-refractivity contribution < 1.29 is 19.7 Å². The molecule has 0 amide bonds. The van der Waals surface area contributed by atoms with Crippen molar-refractivity contribution in [1.29, 1.82) is 0 Å². The average Bonchev–Trinajstić information content (AvgIpc) is 2.31. The molecule has 0 heterocycles. The minimum atomic E-state index is -0.877.